The Morgan fingerprint density at radius 1 is 1.17 bits per heavy atom. The molecule has 6 heteroatoms. The molecule has 0 radical (unpaired) electrons. The number of nitrogens with one attached hydrogen (secondary N) is 2. The van der Waals surface area contributed by atoms with E-state index in [2.05, 4.69) is 22.5 Å². The van der Waals surface area contributed by atoms with E-state index in [0.717, 1.165) is 18.9 Å². The number of carbonyl (C=O) groups excluding carboxylic acids is 1. The van der Waals surface area contributed by atoms with Crippen LogP contribution in [0.1, 0.15) is 32.6 Å². The minimum atomic E-state index is 0. The molecule has 0 saturated heterocycles. The lowest BCUT2D eigenvalue weighted by Gasteiger charge is -2.13. The first-order chi connectivity index (χ1) is 8.11. The van der Waals surface area contributed by atoms with Gasteiger partial charge in [0.25, 0.3) is 0 Å². The van der Waals surface area contributed by atoms with E-state index in [0.29, 0.717) is 13.0 Å². The highest BCUT2D eigenvalue weighted by molar-refractivity contribution is 14.0. The fraction of sp³-hybridized carbons (Fsp3) is 0.833. The van der Waals surface area contributed by atoms with Crippen LogP contribution < -0.4 is 10.6 Å². The number of carbonyl (C=O) groups is 1. The third kappa shape index (κ3) is 10.6. The third-order valence-corrected chi connectivity index (χ3v) is 2.43. The molecule has 0 rings (SSSR count). The molecule has 1 amide bonds. The highest BCUT2D eigenvalue weighted by Gasteiger charge is 2.03. The molecule has 0 aromatic heterocycles. The normalized spacial score (nSPS) is 10.6. The fourth-order valence-corrected chi connectivity index (χ4v) is 1.31. The van der Waals surface area contributed by atoms with Crippen molar-refractivity contribution in [1.82, 2.24) is 15.5 Å². The number of hydrogen-bond acceptors (Lipinski definition) is 2. The predicted molar refractivity (Wildman–Crippen MR) is 87.6 cm³/mol. The van der Waals surface area contributed by atoms with Gasteiger partial charge in [-0.15, -0.1) is 24.0 Å². The Kier molecular flexibility index (Phi) is 14.2. The molecule has 2 N–H and O–H groups in total. The number of guanidine groups is 1. The molecule has 0 spiro atoms. The van der Waals surface area contributed by atoms with Gasteiger partial charge < -0.3 is 15.5 Å². The van der Waals surface area contributed by atoms with Crippen molar-refractivity contribution in [1.29, 1.82) is 0 Å². The Morgan fingerprint density at radius 2 is 1.78 bits per heavy atom. The molecule has 0 aliphatic heterocycles. The lowest BCUT2D eigenvalue weighted by atomic mass is 10.2. The van der Waals surface area contributed by atoms with Crippen LogP contribution in [-0.4, -0.2) is 51.0 Å². The quantitative estimate of drug-likeness (QED) is 0.309. The number of aliphatic imine (C=N–C) groups is 1. The molecule has 108 valence electrons. The van der Waals surface area contributed by atoms with E-state index < -0.39 is 0 Å². The summed E-state index contributed by atoms with van der Waals surface area (Å²) in [6.07, 6.45) is 4.07. The van der Waals surface area contributed by atoms with E-state index in [-0.39, 0.29) is 29.9 Å². The average Bonchev–Trinajstić information content (AvgIpc) is 2.31. The standard InChI is InChI=1S/C12H26N4O.HI/c1-5-6-7-9-14-12(13-2)15-10-8-11(17)16(3)4;/h5-10H2,1-4H3,(H2,13,14,15);1H. The van der Waals surface area contributed by atoms with Gasteiger partial charge in [-0.3, -0.25) is 9.79 Å². The maximum atomic E-state index is 11.3. The second-order valence-corrected chi connectivity index (χ2v) is 4.17. The summed E-state index contributed by atoms with van der Waals surface area (Å²) in [6, 6.07) is 0. The highest BCUT2D eigenvalue weighted by Crippen LogP contribution is 1.91. The van der Waals surface area contributed by atoms with Gasteiger partial charge in [-0.05, 0) is 6.42 Å². The van der Waals surface area contributed by atoms with Gasteiger partial charge in [0, 0.05) is 40.7 Å². The van der Waals surface area contributed by atoms with Crippen molar-refractivity contribution in [3.8, 4) is 0 Å². The lowest BCUT2D eigenvalue weighted by Crippen LogP contribution is -2.39. The van der Waals surface area contributed by atoms with Crippen LogP contribution in [0.4, 0.5) is 0 Å². The van der Waals surface area contributed by atoms with E-state index in [1.165, 1.54) is 12.8 Å². The van der Waals surface area contributed by atoms with Crippen LogP contribution >= 0.6 is 24.0 Å². The topological polar surface area (TPSA) is 56.7 Å². The van der Waals surface area contributed by atoms with Gasteiger partial charge in [-0.25, -0.2) is 0 Å². The van der Waals surface area contributed by atoms with Crippen LogP contribution in [0.25, 0.3) is 0 Å². The zero-order valence-corrected chi connectivity index (χ0v) is 14.3. The van der Waals surface area contributed by atoms with Gasteiger partial charge in [0.2, 0.25) is 5.91 Å². The Bertz CT molecular complexity index is 244. The number of nitrogens with zero attached hydrogens (tertiary/aromatic N) is 2. The number of amides is 1. The van der Waals surface area contributed by atoms with Crippen LogP contribution in [0.3, 0.4) is 0 Å². The molecule has 18 heavy (non-hydrogen) atoms. The van der Waals surface area contributed by atoms with Crippen LogP contribution in [-0.2, 0) is 4.79 Å². The average molecular weight is 370 g/mol. The van der Waals surface area contributed by atoms with E-state index in [4.69, 9.17) is 0 Å². The lowest BCUT2D eigenvalue weighted by molar-refractivity contribution is -0.128. The summed E-state index contributed by atoms with van der Waals surface area (Å²) in [6.45, 7) is 3.72. The summed E-state index contributed by atoms with van der Waals surface area (Å²) in [7, 11) is 5.27. The molecule has 5 nitrogen and oxygen atoms in total. The van der Waals surface area contributed by atoms with E-state index in [1.54, 1.807) is 26.0 Å². The third-order valence-electron chi connectivity index (χ3n) is 2.43. The van der Waals surface area contributed by atoms with Crippen LogP contribution in [0.5, 0.6) is 0 Å². The number of rotatable bonds is 7. The first-order valence-electron chi connectivity index (χ1n) is 6.26. The highest BCUT2D eigenvalue weighted by atomic mass is 127. The van der Waals surface area contributed by atoms with Gasteiger partial charge in [0.1, 0.15) is 0 Å². The Labute approximate surface area is 128 Å². The smallest absolute Gasteiger partial charge is 0.223 e. The van der Waals surface area contributed by atoms with E-state index in [9.17, 15) is 4.79 Å². The fourth-order valence-electron chi connectivity index (χ4n) is 1.31. The zero-order chi connectivity index (χ0) is 13.1. The molecule has 0 heterocycles. The predicted octanol–water partition coefficient (Wildman–Crippen LogP) is 1.44. The van der Waals surface area contributed by atoms with Crippen molar-refractivity contribution >= 4 is 35.8 Å². The van der Waals surface area contributed by atoms with Crippen molar-refractivity contribution < 1.29 is 4.79 Å². The summed E-state index contributed by atoms with van der Waals surface area (Å²) in [5.41, 5.74) is 0. The van der Waals surface area contributed by atoms with Crippen molar-refractivity contribution in [2.75, 3.05) is 34.2 Å². The zero-order valence-electron chi connectivity index (χ0n) is 12.0. The molecule has 0 aliphatic rings. The molecular formula is C12H27IN4O. The summed E-state index contributed by atoms with van der Waals surface area (Å²) in [5, 5.41) is 6.34. The van der Waals surface area contributed by atoms with Gasteiger partial charge in [-0.1, -0.05) is 19.8 Å². The Balaban J connectivity index is 0. The first kappa shape index (κ1) is 19.8. The monoisotopic (exact) mass is 370 g/mol. The van der Waals surface area contributed by atoms with Crippen LogP contribution in [0.2, 0.25) is 0 Å². The summed E-state index contributed by atoms with van der Waals surface area (Å²) in [5.74, 6) is 0.895. The van der Waals surface area contributed by atoms with Crippen molar-refractivity contribution in [3.05, 3.63) is 0 Å². The maximum Gasteiger partial charge on any atom is 0.223 e. The van der Waals surface area contributed by atoms with Crippen molar-refractivity contribution in [2.24, 2.45) is 4.99 Å². The number of hydrogen-bond donors (Lipinski definition) is 2. The summed E-state index contributed by atoms with van der Waals surface area (Å²) < 4.78 is 0. The molecule has 0 atom stereocenters. The molecule has 0 aliphatic carbocycles. The summed E-state index contributed by atoms with van der Waals surface area (Å²) >= 11 is 0. The van der Waals surface area contributed by atoms with Gasteiger partial charge >= 0.3 is 0 Å². The summed E-state index contributed by atoms with van der Waals surface area (Å²) in [4.78, 5) is 17.0. The first-order valence-corrected chi connectivity index (χ1v) is 6.26. The molecule has 0 bridgehead atoms. The number of unbranched alkanes of at least 4 members (excludes halogenated alkanes) is 2. The molecule has 0 fully saturated rings. The Morgan fingerprint density at radius 3 is 2.28 bits per heavy atom. The molecule has 0 unspecified atom stereocenters. The van der Waals surface area contributed by atoms with Crippen LogP contribution in [0, 0.1) is 0 Å². The molecular weight excluding hydrogens is 343 g/mol. The maximum absolute atomic E-state index is 11.3. The minimum absolute atomic E-state index is 0. The molecule has 0 aromatic rings. The number of halogens is 1. The van der Waals surface area contributed by atoms with Gasteiger partial charge in [0.15, 0.2) is 5.96 Å². The van der Waals surface area contributed by atoms with E-state index in [1.807, 2.05) is 0 Å². The van der Waals surface area contributed by atoms with Gasteiger partial charge in [0.05, 0.1) is 0 Å². The minimum Gasteiger partial charge on any atom is -0.356 e. The van der Waals surface area contributed by atoms with E-state index >= 15 is 0 Å². The van der Waals surface area contributed by atoms with Gasteiger partial charge in [-0.2, -0.15) is 0 Å². The van der Waals surface area contributed by atoms with Crippen molar-refractivity contribution in [2.45, 2.75) is 32.6 Å². The van der Waals surface area contributed by atoms with Crippen molar-refractivity contribution in [3.63, 3.8) is 0 Å². The Hall–Kier alpha value is -0.530. The molecule has 0 aromatic carbocycles. The SMILES string of the molecule is CCCCCNC(=NC)NCCC(=O)N(C)C.I. The second kappa shape index (κ2) is 12.9. The largest absolute Gasteiger partial charge is 0.356 e. The second-order valence-electron chi connectivity index (χ2n) is 4.17. The van der Waals surface area contributed by atoms with Crippen LogP contribution in [0.15, 0.2) is 4.99 Å². The molecule has 0 saturated carbocycles.